The fourth-order valence-electron chi connectivity index (χ4n) is 4.26. The van der Waals surface area contributed by atoms with Crippen molar-refractivity contribution in [1.29, 1.82) is 0 Å². The van der Waals surface area contributed by atoms with Gasteiger partial charge in [-0.15, -0.1) is 0 Å². The van der Waals surface area contributed by atoms with Gasteiger partial charge in [-0.1, -0.05) is 48.9 Å². The largest absolute Gasteiger partial charge is 0.424 e. The smallest absolute Gasteiger partial charge is 0.319 e. The number of amides is 1. The van der Waals surface area contributed by atoms with Gasteiger partial charge in [0, 0.05) is 30.7 Å². The number of Topliss-reactive ketones (excluding diaryl/α,β-unsaturated/α-hetero) is 1. The number of nitrogens with one attached hydrogen (secondary N) is 2. The van der Waals surface area contributed by atoms with Gasteiger partial charge in [-0.05, 0) is 43.5 Å². The fraction of sp³-hybridized carbons (Fsp3) is 0.385. The van der Waals surface area contributed by atoms with Gasteiger partial charge in [0.25, 0.3) is 0 Å². The summed E-state index contributed by atoms with van der Waals surface area (Å²) >= 11 is 6.59. The number of fused-ring (bicyclic) bond motifs is 1. The van der Waals surface area contributed by atoms with Crippen LogP contribution < -0.4 is 15.4 Å². The summed E-state index contributed by atoms with van der Waals surface area (Å²) in [5.74, 6) is 1.39. The third-order valence-corrected chi connectivity index (χ3v) is 6.46. The van der Waals surface area contributed by atoms with Gasteiger partial charge in [0.2, 0.25) is 5.91 Å². The molecule has 1 aromatic carbocycles. The van der Waals surface area contributed by atoms with Gasteiger partial charge < -0.3 is 15.4 Å². The molecule has 2 heterocycles. The molecular formula is C26H29ClN4O3. The van der Waals surface area contributed by atoms with E-state index in [4.69, 9.17) is 16.3 Å². The molecule has 0 fully saturated rings. The van der Waals surface area contributed by atoms with E-state index in [1.807, 2.05) is 63.3 Å². The standard InChI is InChI=1S/C26H29ClN4O3/c1-5-22(33)16-6-8-17(9-7-16)23-20(27)14-21-24(29-23)30-25(28-21)34-19-12-10-18(11-13-19)26(3,4)31-15(2)32/h6,8-13,16,21H,5,7,14H2,1-4H3,(H,31,32)(H,28,29,30). The predicted octanol–water partition coefficient (Wildman–Crippen LogP) is 4.50. The molecule has 1 aliphatic carbocycles. The SMILES string of the molecule is CCC(=O)C1C=CC(C2=C(Cl)CC3N=C(Oc4ccc(C(C)(C)NC(C)=O)cc4)N=C3N2)=CC1. The number of carbonyl (C=O) groups is 2. The van der Waals surface area contributed by atoms with Crippen molar-refractivity contribution in [3.05, 3.63) is 64.4 Å². The van der Waals surface area contributed by atoms with Gasteiger partial charge >= 0.3 is 6.02 Å². The van der Waals surface area contributed by atoms with Crippen LogP contribution in [0, 0.1) is 5.92 Å². The highest BCUT2D eigenvalue weighted by Crippen LogP contribution is 2.32. The van der Waals surface area contributed by atoms with Gasteiger partial charge in [-0.25, -0.2) is 4.99 Å². The summed E-state index contributed by atoms with van der Waals surface area (Å²) in [6.45, 7) is 7.28. The minimum atomic E-state index is -0.487. The Hall–Kier alpha value is -3.19. The number of hydrogen-bond acceptors (Lipinski definition) is 6. The molecule has 178 valence electrons. The number of carbonyl (C=O) groups excluding carboxylic acids is 2. The van der Waals surface area contributed by atoms with E-state index in [1.165, 1.54) is 6.92 Å². The summed E-state index contributed by atoms with van der Waals surface area (Å²) in [4.78, 5) is 32.5. The van der Waals surface area contributed by atoms with Crippen LogP contribution in [0.4, 0.5) is 0 Å². The molecule has 2 N–H and O–H groups in total. The summed E-state index contributed by atoms with van der Waals surface area (Å²) in [6, 6.07) is 7.54. The van der Waals surface area contributed by atoms with Gasteiger partial charge in [0.1, 0.15) is 23.4 Å². The average Bonchev–Trinajstić information content (AvgIpc) is 3.18. The molecule has 0 aromatic heterocycles. The minimum Gasteiger partial charge on any atom is -0.424 e. The summed E-state index contributed by atoms with van der Waals surface area (Å²) in [6.07, 6.45) is 7.68. The first-order chi connectivity index (χ1) is 16.2. The van der Waals surface area contributed by atoms with Crippen molar-refractivity contribution in [2.45, 2.75) is 58.5 Å². The normalized spacial score (nSPS) is 21.7. The van der Waals surface area contributed by atoms with Crippen LogP contribution in [0.3, 0.4) is 0 Å². The van der Waals surface area contributed by atoms with Crippen LogP contribution >= 0.6 is 11.6 Å². The maximum Gasteiger partial charge on any atom is 0.319 e. The van der Waals surface area contributed by atoms with E-state index >= 15 is 0 Å². The number of aliphatic imine (C=N–C) groups is 2. The quantitative estimate of drug-likeness (QED) is 0.627. The molecule has 3 aliphatic rings. The lowest BCUT2D eigenvalue weighted by Gasteiger charge is -2.26. The van der Waals surface area contributed by atoms with E-state index in [2.05, 4.69) is 20.6 Å². The number of ketones is 1. The minimum absolute atomic E-state index is 0.0631. The number of hydrogen-bond donors (Lipinski definition) is 2. The third kappa shape index (κ3) is 5.14. The Morgan fingerprint density at radius 3 is 2.62 bits per heavy atom. The summed E-state index contributed by atoms with van der Waals surface area (Å²) < 4.78 is 5.89. The maximum absolute atomic E-state index is 12.0. The Bertz CT molecular complexity index is 1160. The van der Waals surface area contributed by atoms with Crippen molar-refractivity contribution < 1.29 is 14.3 Å². The van der Waals surface area contributed by atoms with E-state index in [-0.39, 0.29) is 29.7 Å². The highest BCUT2D eigenvalue weighted by atomic mass is 35.5. The first-order valence-corrected chi connectivity index (χ1v) is 11.8. The van der Waals surface area contributed by atoms with Gasteiger partial charge in [0.05, 0.1) is 11.2 Å². The molecule has 2 atom stereocenters. The third-order valence-electron chi connectivity index (χ3n) is 6.12. The lowest BCUT2D eigenvalue weighted by atomic mass is 9.90. The number of rotatable bonds is 6. The van der Waals surface area contributed by atoms with E-state index in [9.17, 15) is 9.59 Å². The first kappa shape index (κ1) is 24.0. The number of allylic oxidation sites excluding steroid dienone is 3. The molecule has 1 amide bonds. The van der Waals surface area contributed by atoms with E-state index in [0.717, 1.165) is 16.8 Å². The van der Waals surface area contributed by atoms with Crippen molar-refractivity contribution in [3.8, 4) is 5.75 Å². The average molecular weight is 481 g/mol. The maximum atomic E-state index is 12.0. The molecule has 1 aromatic rings. The molecule has 0 saturated heterocycles. The zero-order valence-electron chi connectivity index (χ0n) is 19.8. The zero-order chi connectivity index (χ0) is 24.5. The van der Waals surface area contributed by atoms with Crippen molar-refractivity contribution in [1.82, 2.24) is 10.6 Å². The van der Waals surface area contributed by atoms with Gasteiger partial charge in [0.15, 0.2) is 0 Å². The number of nitrogens with zero attached hydrogens (tertiary/aromatic N) is 2. The second kappa shape index (κ2) is 9.58. The Labute approximate surface area is 204 Å². The lowest BCUT2D eigenvalue weighted by Crippen LogP contribution is -2.39. The van der Waals surface area contributed by atoms with E-state index in [0.29, 0.717) is 35.9 Å². The predicted molar refractivity (Wildman–Crippen MR) is 134 cm³/mol. The second-order valence-electron chi connectivity index (χ2n) is 9.15. The molecule has 0 bridgehead atoms. The molecule has 34 heavy (non-hydrogen) atoms. The monoisotopic (exact) mass is 480 g/mol. The zero-order valence-corrected chi connectivity index (χ0v) is 20.6. The van der Waals surface area contributed by atoms with E-state index < -0.39 is 5.54 Å². The molecule has 0 saturated carbocycles. The molecule has 8 heteroatoms. The molecule has 0 radical (unpaired) electrons. The molecule has 0 spiro atoms. The van der Waals surface area contributed by atoms with Crippen LogP contribution in [0.25, 0.3) is 0 Å². The van der Waals surface area contributed by atoms with Crippen LogP contribution in [0.15, 0.2) is 68.8 Å². The molecule has 2 unspecified atom stereocenters. The number of ether oxygens (including phenoxy) is 1. The Balaban J connectivity index is 1.42. The van der Waals surface area contributed by atoms with Crippen LogP contribution in [-0.2, 0) is 15.1 Å². The summed E-state index contributed by atoms with van der Waals surface area (Å²) in [7, 11) is 0. The number of amidine groups is 2. The first-order valence-electron chi connectivity index (χ1n) is 11.5. The van der Waals surface area contributed by atoms with Crippen molar-refractivity contribution in [2.75, 3.05) is 0 Å². The summed E-state index contributed by atoms with van der Waals surface area (Å²) in [5, 5.41) is 6.92. The Morgan fingerprint density at radius 1 is 1.26 bits per heavy atom. The highest BCUT2D eigenvalue weighted by Gasteiger charge is 2.32. The van der Waals surface area contributed by atoms with Crippen molar-refractivity contribution in [3.63, 3.8) is 0 Å². The molecule has 7 nitrogen and oxygen atoms in total. The molecule has 4 rings (SSSR count). The number of halogens is 1. The second-order valence-corrected chi connectivity index (χ2v) is 9.60. The van der Waals surface area contributed by atoms with E-state index in [1.54, 1.807) is 0 Å². The molecule has 2 aliphatic heterocycles. The Morgan fingerprint density at radius 2 is 2.00 bits per heavy atom. The van der Waals surface area contributed by atoms with Crippen LogP contribution in [0.5, 0.6) is 5.75 Å². The van der Waals surface area contributed by atoms with Crippen LogP contribution in [-0.4, -0.2) is 29.6 Å². The van der Waals surface area contributed by atoms with Crippen molar-refractivity contribution >= 4 is 35.1 Å². The summed E-state index contributed by atoms with van der Waals surface area (Å²) in [5.41, 5.74) is 2.23. The van der Waals surface area contributed by atoms with Crippen LogP contribution in [0.1, 0.15) is 52.5 Å². The Kier molecular flexibility index (Phi) is 6.75. The number of benzene rings is 1. The van der Waals surface area contributed by atoms with Crippen LogP contribution in [0.2, 0.25) is 0 Å². The molecular weight excluding hydrogens is 452 g/mol. The highest BCUT2D eigenvalue weighted by molar-refractivity contribution is 6.31. The lowest BCUT2D eigenvalue weighted by molar-refractivity contribution is -0.121. The van der Waals surface area contributed by atoms with Crippen molar-refractivity contribution in [2.24, 2.45) is 15.9 Å². The van der Waals surface area contributed by atoms with Gasteiger partial charge in [-0.2, -0.15) is 4.99 Å². The topological polar surface area (TPSA) is 92.1 Å². The van der Waals surface area contributed by atoms with Gasteiger partial charge in [-0.3, -0.25) is 9.59 Å². The fourth-order valence-corrected chi connectivity index (χ4v) is 4.57.